The topological polar surface area (TPSA) is 88.2 Å². The molecule has 4 aromatic rings. The van der Waals surface area contributed by atoms with Crippen molar-refractivity contribution in [3.8, 4) is 11.3 Å². The Balaban J connectivity index is 1.74. The number of pyridine rings is 1. The first-order valence-corrected chi connectivity index (χ1v) is 11.7. The van der Waals surface area contributed by atoms with Crippen molar-refractivity contribution in [1.82, 2.24) is 4.98 Å². The monoisotopic (exact) mass is 469 g/mol. The first-order chi connectivity index (χ1) is 15.2. The van der Waals surface area contributed by atoms with Crippen molar-refractivity contribution in [3.63, 3.8) is 0 Å². The third-order valence-electron chi connectivity index (χ3n) is 4.62. The Morgan fingerprint density at radius 3 is 2.44 bits per heavy atom. The van der Waals surface area contributed by atoms with E-state index in [1.54, 1.807) is 36.4 Å². The summed E-state index contributed by atoms with van der Waals surface area (Å²) < 4.78 is 39.0. The summed E-state index contributed by atoms with van der Waals surface area (Å²) in [6.45, 7) is 0. The van der Waals surface area contributed by atoms with Crippen molar-refractivity contribution in [2.45, 2.75) is 0 Å². The molecule has 0 aliphatic heterocycles. The van der Waals surface area contributed by atoms with Crippen LogP contribution in [0.5, 0.6) is 0 Å². The Labute approximate surface area is 189 Å². The summed E-state index contributed by atoms with van der Waals surface area (Å²) in [6.07, 6.45) is 0.916. The largest absolute Gasteiger partial charge is 0.322 e. The lowest BCUT2D eigenvalue weighted by Crippen LogP contribution is -2.15. The van der Waals surface area contributed by atoms with Gasteiger partial charge in [0.25, 0.3) is 5.91 Å². The molecule has 2 N–H and O–H groups in total. The average Bonchev–Trinajstić information content (AvgIpc) is 2.75. The van der Waals surface area contributed by atoms with Crippen molar-refractivity contribution < 1.29 is 17.6 Å². The fraction of sp³-hybridized carbons (Fsp3) is 0.0435. The second kappa shape index (κ2) is 8.57. The highest BCUT2D eigenvalue weighted by atomic mass is 35.5. The van der Waals surface area contributed by atoms with Gasteiger partial charge in [-0.15, -0.1) is 0 Å². The van der Waals surface area contributed by atoms with E-state index in [4.69, 9.17) is 11.6 Å². The molecule has 0 bridgehead atoms. The minimum absolute atomic E-state index is 0.233. The number of carbonyl (C=O) groups is 1. The molecular formula is C23H17ClFN3O3S. The van der Waals surface area contributed by atoms with Crippen LogP contribution in [0.15, 0.2) is 72.8 Å². The Morgan fingerprint density at radius 2 is 1.72 bits per heavy atom. The van der Waals surface area contributed by atoms with Gasteiger partial charge < -0.3 is 5.32 Å². The summed E-state index contributed by atoms with van der Waals surface area (Å²) in [5.41, 5.74) is 2.34. The van der Waals surface area contributed by atoms with Crippen LogP contribution in [-0.4, -0.2) is 25.6 Å². The van der Waals surface area contributed by atoms with Gasteiger partial charge in [0.15, 0.2) is 0 Å². The van der Waals surface area contributed by atoms with Gasteiger partial charge in [-0.2, -0.15) is 0 Å². The fourth-order valence-corrected chi connectivity index (χ4v) is 3.89. The lowest BCUT2D eigenvalue weighted by molar-refractivity contribution is 0.102. The molecule has 0 spiro atoms. The van der Waals surface area contributed by atoms with E-state index < -0.39 is 21.7 Å². The normalized spacial score (nSPS) is 11.3. The Hall–Kier alpha value is -3.49. The lowest BCUT2D eigenvalue weighted by atomic mass is 10.0. The number of carbonyl (C=O) groups excluding carboxylic acids is 1. The molecular weight excluding hydrogens is 453 g/mol. The third-order valence-corrected chi connectivity index (χ3v) is 5.46. The van der Waals surface area contributed by atoms with E-state index in [0.717, 1.165) is 17.9 Å². The smallest absolute Gasteiger partial charge is 0.256 e. The molecule has 0 aliphatic carbocycles. The van der Waals surface area contributed by atoms with Gasteiger partial charge >= 0.3 is 0 Å². The minimum atomic E-state index is -3.69. The molecule has 162 valence electrons. The Bertz CT molecular complexity index is 1440. The van der Waals surface area contributed by atoms with Gasteiger partial charge in [-0.3, -0.25) is 9.52 Å². The quantitative estimate of drug-likeness (QED) is 0.414. The molecule has 0 fully saturated rings. The van der Waals surface area contributed by atoms with Crippen LogP contribution in [0.1, 0.15) is 10.4 Å². The molecule has 0 radical (unpaired) electrons. The molecule has 0 saturated heterocycles. The summed E-state index contributed by atoms with van der Waals surface area (Å²) >= 11 is 5.98. The third kappa shape index (κ3) is 4.87. The number of nitrogens with one attached hydrogen (secondary N) is 2. The van der Waals surface area contributed by atoms with Crippen LogP contribution < -0.4 is 10.0 Å². The van der Waals surface area contributed by atoms with Crippen molar-refractivity contribution in [3.05, 3.63) is 89.2 Å². The molecule has 32 heavy (non-hydrogen) atoms. The summed E-state index contributed by atoms with van der Waals surface area (Å²) in [6, 6.07) is 19.6. The standard InChI is InChI=1S/C23H17ClFN3O3S/c1-32(30,31)28-22-12-16(10-11-19(22)25)26-23(29)18-13-21(14-6-8-15(24)9-7-14)27-20-5-3-2-4-17(18)20/h2-13,28H,1H3,(H,26,29). The average molecular weight is 470 g/mol. The molecule has 9 heteroatoms. The van der Waals surface area contributed by atoms with E-state index >= 15 is 0 Å². The van der Waals surface area contributed by atoms with Crippen LogP contribution in [0.3, 0.4) is 0 Å². The number of sulfonamides is 1. The van der Waals surface area contributed by atoms with Crippen molar-refractivity contribution in [2.75, 3.05) is 16.3 Å². The number of para-hydroxylation sites is 1. The molecule has 6 nitrogen and oxygen atoms in total. The molecule has 1 amide bonds. The number of benzene rings is 3. The zero-order valence-electron chi connectivity index (χ0n) is 16.8. The summed E-state index contributed by atoms with van der Waals surface area (Å²) in [5, 5.41) is 3.93. The van der Waals surface area contributed by atoms with Gasteiger partial charge in [0.05, 0.1) is 28.7 Å². The Kier molecular flexibility index (Phi) is 5.82. The zero-order valence-corrected chi connectivity index (χ0v) is 18.3. The number of hydrogen-bond acceptors (Lipinski definition) is 4. The molecule has 0 saturated carbocycles. The number of amides is 1. The van der Waals surface area contributed by atoms with Crippen molar-refractivity contribution >= 4 is 49.8 Å². The van der Waals surface area contributed by atoms with E-state index in [9.17, 15) is 17.6 Å². The number of anilines is 2. The predicted molar refractivity (Wildman–Crippen MR) is 125 cm³/mol. The van der Waals surface area contributed by atoms with Crippen LogP contribution in [0.25, 0.3) is 22.2 Å². The van der Waals surface area contributed by atoms with E-state index in [-0.39, 0.29) is 11.4 Å². The van der Waals surface area contributed by atoms with Gasteiger partial charge in [0, 0.05) is 21.7 Å². The molecule has 0 aliphatic rings. The van der Waals surface area contributed by atoms with Gasteiger partial charge in [0.2, 0.25) is 10.0 Å². The highest BCUT2D eigenvalue weighted by Gasteiger charge is 2.16. The van der Waals surface area contributed by atoms with E-state index in [2.05, 4.69) is 15.0 Å². The molecule has 1 aromatic heterocycles. The van der Waals surface area contributed by atoms with Crippen molar-refractivity contribution in [1.29, 1.82) is 0 Å². The first-order valence-electron chi connectivity index (χ1n) is 9.44. The zero-order chi connectivity index (χ0) is 22.9. The number of hydrogen-bond donors (Lipinski definition) is 2. The molecule has 1 heterocycles. The van der Waals surface area contributed by atoms with Crippen LogP contribution in [0.2, 0.25) is 5.02 Å². The van der Waals surface area contributed by atoms with Gasteiger partial charge in [0.1, 0.15) is 5.82 Å². The molecule has 0 unspecified atom stereocenters. The summed E-state index contributed by atoms with van der Waals surface area (Å²) in [5.74, 6) is -1.21. The predicted octanol–water partition coefficient (Wildman–Crippen LogP) is 5.32. The van der Waals surface area contributed by atoms with E-state index in [0.29, 0.717) is 27.2 Å². The maximum atomic E-state index is 14.0. The van der Waals surface area contributed by atoms with Crippen LogP contribution in [0.4, 0.5) is 15.8 Å². The highest BCUT2D eigenvalue weighted by Crippen LogP contribution is 2.27. The van der Waals surface area contributed by atoms with E-state index in [1.807, 2.05) is 18.2 Å². The van der Waals surface area contributed by atoms with E-state index in [1.165, 1.54) is 12.1 Å². The Morgan fingerprint density at radius 1 is 1.00 bits per heavy atom. The maximum absolute atomic E-state index is 14.0. The van der Waals surface area contributed by atoms with Crippen LogP contribution in [-0.2, 0) is 10.0 Å². The van der Waals surface area contributed by atoms with Crippen LogP contribution in [0, 0.1) is 5.82 Å². The number of rotatable bonds is 5. The highest BCUT2D eigenvalue weighted by molar-refractivity contribution is 7.92. The fourth-order valence-electron chi connectivity index (χ4n) is 3.21. The number of halogens is 2. The van der Waals surface area contributed by atoms with Gasteiger partial charge in [-0.25, -0.2) is 17.8 Å². The summed E-state index contributed by atoms with van der Waals surface area (Å²) in [7, 11) is -3.69. The number of nitrogens with zero attached hydrogens (tertiary/aromatic N) is 1. The molecule has 4 rings (SSSR count). The lowest BCUT2D eigenvalue weighted by Gasteiger charge is -2.12. The van der Waals surface area contributed by atoms with Gasteiger partial charge in [-0.1, -0.05) is 41.9 Å². The van der Waals surface area contributed by atoms with Crippen molar-refractivity contribution in [2.24, 2.45) is 0 Å². The minimum Gasteiger partial charge on any atom is -0.322 e. The van der Waals surface area contributed by atoms with Crippen LogP contribution >= 0.6 is 11.6 Å². The number of fused-ring (bicyclic) bond motifs is 1. The van der Waals surface area contributed by atoms with Gasteiger partial charge in [-0.05, 0) is 42.5 Å². The molecule has 0 atom stereocenters. The maximum Gasteiger partial charge on any atom is 0.256 e. The second-order valence-electron chi connectivity index (χ2n) is 7.10. The SMILES string of the molecule is CS(=O)(=O)Nc1cc(NC(=O)c2cc(-c3ccc(Cl)cc3)nc3ccccc23)ccc1F. The molecule has 3 aromatic carbocycles. The summed E-state index contributed by atoms with van der Waals surface area (Å²) in [4.78, 5) is 17.8. The number of aromatic nitrogens is 1. The second-order valence-corrected chi connectivity index (χ2v) is 9.29. The first kappa shape index (κ1) is 21.7.